The topological polar surface area (TPSA) is 93.9 Å². The van der Waals surface area contributed by atoms with E-state index in [1.54, 1.807) is 6.20 Å². The van der Waals surface area contributed by atoms with Crippen LogP contribution in [0.3, 0.4) is 0 Å². The number of nitrogens with zero attached hydrogens (tertiary/aromatic N) is 7. The van der Waals surface area contributed by atoms with Crippen molar-refractivity contribution >= 4 is 22.7 Å². The second-order valence-electron chi connectivity index (χ2n) is 8.92. The van der Waals surface area contributed by atoms with Gasteiger partial charge in [-0.3, -0.25) is 4.98 Å². The first-order chi connectivity index (χ1) is 18.3. The lowest BCUT2D eigenvalue weighted by atomic mass is 10.0. The maximum Gasteiger partial charge on any atom is 0.184 e. The van der Waals surface area contributed by atoms with Crippen molar-refractivity contribution in [3.05, 3.63) is 78.6 Å². The highest BCUT2D eigenvalue weighted by atomic mass is 16.5. The molecule has 0 aliphatic carbocycles. The SMILES string of the molecule is CCn1nnc2c(N3CCOCC3)nc(-c3ccc(-c4ccc(NCc5cccnc5)cc4)cc3)nc21. The molecule has 1 aliphatic heterocycles. The number of nitrogens with one attached hydrogen (secondary N) is 1. The molecule has 5 aromatic rings. The number of benzene rings is 2. The van der Waals surface area contributed by atoms with Crippen molar-refractivity contribution in [2.45, 2.75) is 20.0 Å². The number of anilines is 2. The molecule has 186 valence electrons. The fraction of sp³-hybridized carbons (Fsp3) is 0.250. The highest BCUT2D eigenvalue weighted by Crippen LogP contribution is 2.29. The second kappa shape index (κ2) is 10.3. The number of fused-ring (bicyclic) bond motifs is 1. The van der Waals surface area contributed by atoms with E-state index in [0.29, 0.717) is 25.6 Å². The van der Waals surface area contributed by atoms with E-state index in [9.17, 15) is 0 Å². The van der Waals surface area contributed by atoms with E-state index in [1.165, 1.54) is 0 Å². The standard InChI is InChI=1S/C28H28N8O/c1-2-36-28-25(33-34-36)27(35-14-16-37-17-15-35)31-26(32-28)23-7-5-21(6-8-23)22-9-11-24(12-10-22)30-19-20-4-3-13-29-18-20/h3-13,18,30H,2,14-17,19H2,1H3. The summed E-state index contributed by atoms with van der Waals surface area (Å²) in [4.78, 5) is 16.2. The monoisotopic (exact) mass is 492 g/mol. The zero-order chi connectivity index (χ0) is 25.0. The van der Waals surface area contributed by atoms with Crippen LogP contribution in [0, 0.1) is 0 Å². The average molecular weight is 493 g/mol. The number of aromatic nitrogens is 6. The highest BCUT2D eigenvalue weighted by Gasteiger charge is 2.21. The van der Waals surface area contributed by atoms with Gasteiger partial charge in [0.05, 0.1) is 13.2 Å². The van der Waals surface area contributed by atoms with Crippen LogP contribution in [-0.2, 0) is 17.8 Å². The van der Waals surface area contributed by atoms with Gasteiger partial charge in [0.2, 0.25) is 0 Å². The zero-order valence-electron chi connectivity index (χ0n) is 20.7. The predicted octanol–water partition coefficient (Wildman–Crippen LogP) is 4.42. The summed E-state index contributed by atoms with van der Waals surface area (Å²) in [5.41, 5.74) is 6.96. The summed E-state index contributed by atoms with van der Waals surface area (Å²) in [6.45, 7) is 6.38. The molecule has 0 bridgehead atoms. The Labute approximate surface area is 215 Å². The first-order valence-electron chi connectivity index (χ1n) is 12.6. The molecule has 9 heteroatoms. The van der Waals surface area contributed by atoms with Crippen molar-refractivity contribution in [1.82, 2.24) is 29.9 Å². The summed E-state index contributed by atoms with van der Waals surface area (Å²) in [5.74, 6) is 1.49. The van der Waals surface area contributed by atoms with Gasteiger partial charge in [0, 0.05) is 49.8 Å². The Bertz CT molecular complexity index is 1480. The molecule has 2 aromatic carbocycles. The quantitative estimate of drug-likeness (QED) is 0.357. The fourth-order valence-electron chi connectivity index (χ4n) is 4.48. The number of rotatable bonds is 7. The molecule has 0 saturated carbocycles. The summed E-state index contributed by atoms with van der Waals surface area (Å²) < 4.78 is 7.36. The van der Waals surface area contributed by atoms with Gasteiger partial charge in [-0.2, -0.15) is 0 Å². The molecule has 37 heavy (non-hydrogen) atoms. The minimum Gasteiger partial charge on any atom is -0.381 e. The van der Waals surface area contributed by atoms with Crippen LogP contribution in [0.1, 0.15) is 12.5 Å². The Kier molecular flexibility index (Phi) is 6.43. The van der Waals surface area contributed by atoms with Gasteiger partial charge >= 0.3 is 0 Å². The van der Waals surface area contributed by atoms with E-state index in [0.717, 1.165) is 64.6 Å². The third kappa shape index (κ3) is 4.85. The Morgan fingerprint density at radius 2 is 1.62 bits per heavy atom. The number of pyridine rings is 1. The van der Waals surface area contributed by atoms with E-state index in [2.05, 4.69) is 80.1 Å². The Balaban J connectivity index is 1.24. The molecule has 4 heterocycles. The molecular formula is C28H28N8O. The third-order valence-corrected chi connectivity index (χ3v) is 6.54. The molecule has 9 nitrogen and oxygen atoms in total. The van der Waals surface area contributed by atoms with E-state index in [-0.39, 0.29) is 0 Å². The largest absolute Gasteiger partial charge is 0.381 e. The van der Waals surface area contributed by atoms with Gasteiger partial charge in [-0.15, -0.1) is 5.10 Å². The van der Waals surface area contributed by atoms with Crippen LogP contribution in [0.5, 0.6) is 0 Å². The van der Waals surface area contributed by atoms with Gasteiger partial charge in [0.25, 0.3) is 0 Å². The smallest absolute Gasteiger partial charge is 0.184 e. The van der Waals surface area contributed by atoms with Gasteiger partial charge in [0.15, 0.2) is 22.8 Å². The zero-order valence-corrected chi connectivity index (χ0v) is 20.7. The normalized spacial score (nSPS) is 13.7. The first kappa shape index (κ1) is 23.1. The fourth-order valence-corrected chi connectivity index (χ4v) is 4.48. The van der Waals surface area contributed by atoms with Crippen molar-refractivity contribution < 1.29 is 4.74 Å². The van der Waals surface area contributed by atoms with Crippen molar-refractivity contribution in [3.8, 4) is 22.5 Å². The molecule has 1 fully saturated rings. The van der Waals surface area contributed by atoms with E-state index in [4.69, 9.17) is 14.7 Å². The second-order valence-corrected chi connectivity index (χ2v) is 8.92. The lowest BCUT2D eigenvalue weighted by molar-refractivity contribution is 0.122. The molecule has 6 rings (SSSR count). The summed E-state index contributed by atoms with van der Waals surface area (Å²) in [6.07, 6.45) is 3.66. The van der Waals surface area contributed by atoms with Gasteiger partial charge in [-0.25, -0.2) is 14.6 Å². The molecule has 0 unspecified atom stereocenters. The van der Waals surface area contributed by atoms with Crippen molar-refractivity contribution in [2.24, 2.45) is 0 Å². The number of hydrogen-bond donors (Lipinski definition) is 1. The first-order valence-corrected chi connectivity index (χ1v) is 12.6. The van der Waals surface area contributed by atoms with E-state index in [1.807, 2.05) is 23.9 Å². The maximum absolute atomic E-state index is 5.54. The molecule has 3 aromatic heterocycles. The van der Waals surface area contributed by atoms with E-state index >= 15 is 0 Å². The van der Waals surface area contributed by atoms with Crippen LogP contribution >= 0.6 is 0 Å². The Morgan fingerprint density at radius 3 is 2.32 bits per heavy atom. The van der Waals surface area contributed by atoms with Crippen LogP contribution < -0.4 is 10.2 Å². The minimum atomic E-state index is 0.674. The lowest BCUT2D eigenvalue weighted by Gasteiger charge is -2.27. The van der Waals surface area contributed by atoms with Crippen LogP contribution in [0.4, 0.5) is 11.5 Å². The third-order valence-electron chi connectivity index (χ3n) is 6.54. The van der Waals surface area contributed by atoms with Crippen molar-refractivity contribution in [1.29, 1.82) is 0 Å². The van der Waals surface area contributed by atoms with Crippen LogP contribution in [-0.4, -0.2) is 56.2 Å². The predicted molar refractivity (Wildman–Crippen MR) is 144 cm³/mol. The van der Waals surface area contributed by atoms with Crippen molar-refractivity contribution in [2.75, 3.05) is 36.5 Å². The Hall–Kier alpha value is -4.37. The molecule has 0 atom stereocenters. The number of hydrogen-bond acceptors (Lipinski definition) is 8. The summed E-state index contributed by atoms with van der Waals surface area (Å²) in [7, 11) is 0. The summed E-state index contributed by atoms with van der Waals surface area (Å²) in [5, 5.41) is 12.1. The van der Waals surface area contributed by atoms with Gasteiger partial charge < -0.3 is 15.0 Å². The Morgan fingerprint density at radius 1 is 0.892 bits per heavy atom. The molecule has 1 N–H and O–H groups in total. The number of aryl methyl sites for hydroxylation is 1. The molecule has 0 spiro atoms. The molecule has 0 radical (unpaired) electrons. The van der Waals surface area contributed by atoms with Crippen LogP contribution in [0.15, 0.2) is 73.1 Å². The maximum atomic E-state index is 5.54. The molecule has 1 saturated heterocycles. The van der Waals surface area contributed by atoms with E-state index < -0.39 is 0 Å². The molecule has 0 amide bonds. The summed E-state index contributed by atoms with van der Waals surface area (Å²) >= 11 is 0. The number of ether oxygens (including phenoxy) is 1. The summed E-state index contributed by atoms with van der Waals surface area (Å²) in [6, 6.07) is 20.9. The van der Waals surface area contributed by atoms with Crippen molar-refractivity contribution in [3.63, 3.8) is 0 Å². The highest BCUT2D eigenvalue weighted by molar-refractivity contribution is 5.85. The minimum absolute atomic E-state index is 0.674. The van der Waals surface area contributed by atoms with Crippen LogP contribution in [0.25, 0.3) is 33.7 Å². The lowest BCUT2D eigenvalue weighted by Crippen LogP contribution is -2.37. The number of morpholine rings is 1. The average Bonchev–Trinajstić information content (AvgIpc) is 3.40. The molecular weight excluding hydrogens is 464 g/mol. The molecule has 1 aliphatic rings. The van der Waals surface area contributed by atoms with Gasteiger partial charge in [0.1, 0.15) is 0 Å². The van der Waals surface area contributed by atoms with Crippen LogP contribution in [0.2, 0.25) is 0 Å². The van der Waals surface area contributed by atoms with Gasteiger partial charge in [-0.1, -0.05) is 47.7 Å². The van der Waals surface area contributed by atoms with Gasteiger partial charge in [-0.05, 0) is 41.8 Å².